The fourth-order valence-corrected chi connectivity index (χ4v) is 7.69. The quantitative estimate of drug-likeness (QED) is 0.226. The molecule has 4 unspecified atom stereocenters. The Bertz CT molecular complexity index is 1190. The van der Waals surface area contributed by atoms with Crippen molar-refractivity contribution in [2.45, 2.75) is 101 Å². The second-order valence-electron chi connectivity index (χ2n) is 13.7. The van der Waals surface area contributed by atoms with E-state index in [4.69, 9.17) is 10.5 Å². The number of benzene rings is 2. The summed E-state index contributed by atoms with van der Waals surface area (Å²) in [6, 6.07) is 14.8. The van der Waals surface area contributed by atoms with Crippen molar-refractivity contribution >= 4 is 24.5 Å². The summed E-state index contributed by atoms with van der Waals surface area (Å²) >= 11 is 1.62. The van der Waals surface area contributed by atoms with Crippen molar-refractivity contribution in [2.24, 2.45) is 17.6 Å². The van der Waals surface area contributed by atoms with Crippen molar-refractivity contribution in [3.8, 4) is 5.75 Å². The maximum absolute atomic E-state index is 13.4. The van der Waals surface area contributed by atoms with Crippen LogP contribution in [0.5, 0.6) is 5.75 Å². The van der Waals surface area contributed by atoms with Crippen LogP contribution >= 0.6 is 11.8 Å². The summed E-state index contributed by atoms with van der Waals surface area (Å²) < 4.78 is 0. The minimum Gasteiger partial charge on any atom is -0.508 e. The number of amides is 1. The van der Waals surface area contributed by atoms with Crippen molar-refractivity contribution < 1.29 is 19.8 Å². The maximum Gasteiger partial charge on any atom is 0.252 e. The predicted molar refractivity (Wildman–Crippen MR) is 180 cm³/mol. The molecule has 2 fully saturated rings. The number of nitrogens with one attached hydrogen (secondary N) is 2. The van der Waals surface area contributed by atoms with Gasteiger partial charge in [0.15, 0.2) is 0 Å². The van der Waals surface area contributed by atoms with Gasteiger partial charge in [-0.3, -0.25) is 9.69 Å². The van der Waals surface area contributed by atoms with Crippen molar-refractivity contribution in [3.05, 3.63) is 59.7 Å². The summed E-state index contributed by atoms with van der Waals surface area (Å²) in [7, 11) is 0. The molecule has 0 radical (unpaired) electrons. The van der Waals surface area contributed by atoms with Gasteiger partial charge in [0.2, 0.25) is 0 Å². The molecule has 6 N–H and O–H groups in total. The minimum absolute atomic E-state index is 0.0315. The summed E-state index contributed by atoms with van der Waals surface area (Å²) in [5, 5.41) is 28.8. The fourth-order valence-electron chi connectivity index (χ4n) is 6.66. The molecule has 4 rings (SSSR count). The molecule has 9 heteroatoms. The molecule has 0 spiro atoms. The minimum atomic E-state index is -0.795. The standard InChI is InChI=1S/C34H52N4O3S.CH2O/c1-23(19-36-33(3,4)5)29-18-25-12-9-10-17-34(25,35)22-38(29)20-31(40)28(21-42-26-13-7-6-8-14-26)37-32(41)27-15-11-16-30(39)24(27)2;1-2/h6-8,11,13-16,23,25,28-29,31,36,39-40H,9-10,12,17-22,35H2,1-5H3,(H,37,41);1H2/t23?,25-,28?,29-,31?,34?;/m0./s1. The molecule has 1 heterocycles. The molecule has 8 nitrogen and oxygen atoms in total. The predicted octanol–water partition coefficient (Wildman–Crippen LogP) is 4.75. The number of likely N-dealkylation sites (tertiary alicyclic amines) is 1. The Balaban J connectivity index is 0.00000259. The summed E-state index contributed by atoms with van der Waals surface area (Å²) in [4.78, 5) is 25.0. The molecule has 0 aromatic heterocycles. The Morgan fingerprint density at radius 3 is 2.55 bits per heavy atom. The second-order valence-corrected chi connectivity index (χ2v) is 14.8. The largest absolute Gasteiger partial charge is 0.508 e. The van der Waals surface area contributed by atoms with E-state index in [-0.39, 0.29) is 22.7 Å². The van der Waals surface area contributed by atoms with E-state index in [2.05, 4.69) is 43.2 Å². The number of phenols is 1. The van der Waals surface area contributed by atoms with E-state index in [9.17, 15) is 15.0 Å². The molecule has 1 saturated heterocycles. The van der Waals surface area contributed by atoms with Crippen molar-refractivity contribution in [1.29, 1.82) is 0 Å². The Kier molecular flexibility index (Phi) is 13.3. The second kappa shape index (κ2) is 16.2. The highest BCUT2D eigenvalue weighted by Crippen LogP contribution is 2.42. The van der Waals surface area contributed by atoms with Crippen LogP contribution in [0, 0.1) is 18.8 Å². The van der Waals surface area contributed by atoms with Gasteiger partial charge in [0, 0.05) is 52.0 Å². The molecule has 1 saturated carbocycles. The monoisotopic (exact) mass is 626 g/mol. The van der Waals surface area contributed by atoms with E-state index < -0.39 is 12.1 Å². The number of aromatic hydroxyl groups is 1. The lowest BCUT2D eigenvalue weighted by Gasteiger charge is -2.54. The molecular formula is C35H54N4O4S. The number of rotatable bonds is 11. The van der Waals surface area contributed by atoms with E-state index in [0.29, 0.717) is 41.3 Å². The summed E-state index contributed by atoms with van der Waals surface area (Å²) in [5.74, 6) is 1.19. The summed E-state index contributed by atoms with van der Waals surface area (Å²) in [6.07, 6.45) is 4.84. The van der Waals surface area contributed by atoms with Crippen LogP contribution in [0.1, 0.15) is 75.7 Å². The topological polar surface area (TPSA) is 128 Å². The number of nitrogens with zero attached hydrogens (tertiary/aromatic N) is 1. The molecule has 1 aliphatic heterocycles. The van der Waals surface area contributed by atoms with Gasteiger partial charge >= 0.3 is 0 Å². The third-order valence-corrected chi connectivity index (χ3v) is 10.4. The van der Waals surface area contributed by atoms with Gasteiger partial charge in [0.25, 0.3) is 5.91 Å². The molecule has 2 aromatic carbocycles. The van der Waals surface area contributed by atoms with Gasteiger partial charge in [-0.25, -0.2) is 0 Å². The average Bonchev–Trinajstić information content (AvgIpc) is 2.99. The summed E-state index contributed by atoms with van der Waals surface area (Å²) in [6.45, 7) is 14.7. The Hall–Kier alpha value is -2.43. The number of aliphatic hydroxyl groups excluding tert-OH is 1. The van der Waals surface area contributed by atoms with Crippen molar-refractivity contribution in [3.63, 3.8) is 0 Å². The molecular weight excluding hydrogens is 572 g/mol. The first kappa shape index (κ1) is 36.0. The van der Waals surface area contributed by atoms with Crippen molar-refractivity contribution in [2.75, 3.05) is 25.4 Å². The highest BCUT2D eigenvalue weighted by atomic mass is 32.2. The molecule has 2 aliphatic rings. The first-order valence-corrected chi connectivity index (χ1v) is 16.9. The number of thioether (sulfide) groups is 1. The van der Waals surface area contributed by atoms with Gasteiger partial charge in [0.1, 0.15) is 12.5 Å². The van der Waals surface area contributed by atoms with Gasteiger partial charge in [-0.15, -0.1) is 11.8 Å². The Labute approximate surface area is 268 Å². The number of carbonyl (C=O) groups is 2. The van der Waals surface area contributed by atoms with Crippen LogP contribution in [0.4, 0.5) is 0 Å². The van der Waals surface area contributed by atoms with E-state index >= 15 is 0 Å². The zero-order chi connectivity index (χ0) is 32.5. The number of hydrogen-bond acceptors (Lipinski definition) is 8. The smallest absolute Gasteiger partial charge is 0.252 e. The molecule has 1 amide bonds. The van der Waals surface area contributed by atoms with Gasteiger partial charge in [-0.1, -0.05) is 44.0 Å². The van der Waals surface area contributed by atoms with Crippen LogP contribution in [0.2, 0.25) is 0 Å². The van der Waals surface area contributed by atoms with Gasteiger partial charge in [-0.2, -0.15) is 0 Å². The van der Waals surface area contributed by atoms with E-state index in [1.165, 1.54) is 12.8 Å². The third kappa shape index (κ3) is 9.78. The van der Waals surface area contributed by atoms with Crippen molar-refractivity contribution in [1.82, 2.24) is 15.5 Å². The van der Waals surface area contributed by atoms with Gasteiger partial charge in [-0.05, 0) is 89.6 Å². The number of carbonyl (C=O) groups excluding carboxylic acids is 2. The first-order valence-electron chi connectivity index (χ1n) is 15.9. The van der Waals surface area contributed by atoms with E-state index in [0.717, 1.165) is 37.2 Å². The highest BCUT2D eigenvalue weighted by molar-refractivity contribution is 7.99. The Morgan fingerprint density at radius 2 is 1.86 bits per heavy atom. The Morgan fingerprint density at radius 1 is 1.16 bits per heavy atom. The lowest BCUT2D eigenvalue weighted by atomic mass is 9.66. The number of aliphatic hydroxyl groups is 1. The van der Waals surface area contributed by atoms with Crippen LogP contribution in [0.15, 0.2) is 53.4 Å². The number of phenolic OH excluding ortho intramolecular Hbond substituents is 1. The lowest BCUT2D eigenvalue weighted by molar-refractivity contribution is -0.0980. The maximum atomic E-state index is 13.4. The van der Waals surface area contributed by atoms with E-state index in [1.54, 1.807) is 36.9 Å². The SMILES string of the molecule is C=O.Cc1c(O)cccc1C(=O)NC(CSc1ccccc1)C(O)CN1CC2(N)CCCC[C@H]2C[C@H]1C(C)CNC(C)(C)C. The van der Waals surface area contributed by atoms with Crippen LogP contribution < -0.4 is 16.4 Å². The van der Waals surface area contributed by atoms with E-state index in [1.807, 2.05) is 37.1 Å². The molecule has 6 atom stereocenters. The van der Waals surface area contributed by atoms with Gasteiger partial charge < -0.3 is 31.4 Å². The van der Waals surface area contributed by atoms with Gasteiger partial charge in [0.05, 0.1) is 12.1 Å². The van der Waals surface area contributed by atoms with Crippen LogP contribution in [0.3, 0.4) is 0 Å². The number of β-amino-alcohol motifs (C(OH)–C–C–N with tert-alkyl or cyclic N) is 1. The first-order chi connectivity index (χ1) is 20.9. The number of fused-ring (bicyclic) bond motifs is 1. The normalized spacial score (nSPS) is 24.2. The molecule has 44 heavy (non-hydrogen) atoms. The molecule has 244 valence electrons. The van der Waals surface area contributed by atoms with Crippen LogP contribution in [-0.4, -0.2) is 82.5 Å². The number of piperidine rings is 1. The summed E-state index contributed by atoms with van der Waals surface area (Å²) in [5.41, 5.74) is 7.84. The van der Waals surface area contributed by atoms with Crippen LogP contribution in [0.25, 0.3) is 0 Å². The highest BCUT2D eigenvalue weighted by Gasteiger charge is 2.47. The number of hydrogen-bond donors (Lipinski definition) is 5. The lowest BCUT2D eigenvalue weighted by Crippen LogP contribution is -2.66. The third-order valence-electron chi connectivity index (χ3n) is 9.29. The fraction of sp³-hybridized carbons (Fsp3) is 0.600. The zero-order valence-electron chi connectivity index (χ0n) is 27.2. The number of nitrogens with two attached hydrogens (primary N) is 1. The average molecular weight is 627 g/mol. The zero-order valence-corrected chi connectivity index (χ0v) is 28.0. The molecule has 2 aromatic rings. The van der Waals surface area contributed by atoms with Crippen LogP contribution in [-0.2, 0) is 4.79 Å². The molecule has 1 aliphatic carbocycles. The molecule has 0 bridgehead atoms.